The average molecular weight is 473 g/mol. The van der Waals surface area contributed by atoms with E-state index >= 15 is 0 Å². The number of benzene rings is 1. The monoisotopic (exact) mass is 472 g/mol. The van der Waals surface area contributed by atoms with E-state index in [-0.39, 0.29) is 0 Å². The SMILES string of the molecule is Cn1cc(Nc2ccc3[nH]c4ncnc(NC5CC56CCC(N5CCOCC5)CC6)c4c3c2)cn1. The average Bonchev–Trinajstić information content (AvgIpc) is 3.18. The summed E-state index contributed by atoms with van der Waals surface area (Å²) in [5.41, 5.74) is 4.36. The lowest BCUT2D eigenvalue weighted by atomic mass is 9.82. The number of H-pyrrole nitrogens is 1. The largest absolute Gasteiger partial charge is 0.379 e. The number of rotatable bonds is 5. The number of anilines is 3. The number of nitrogens with zero attached hydrogens (tertiary/aromatic N) is 5. The highest BCUT2D eigenvalue weighted by Crippen LogP contribution is 2.58. The highest BCUT2D eigenvalue weighted by Gasteiger charge is 2.55. The van der Waals surface area contributed by atoms with Gasteiger partial charge in [0.2, 0.25) is 0 Å². The number of hydrogen-bond donors (Lipinski definition) is 3. The minimum absolute atomic E-state index is 0.430. The Kier molecular flexibility index (Phi) is 4.95. The Morgan fingerprint density at radius 3 is 2.77 bits per heavy atom. The summed E-state index contributed by atoms with van der Waals surface area (Å²) in [5, 5.41) is 13.7. The van der Waals surface area contributed by atoms with Crippen LogP contribution in [0.5, 0.6) is 0 Å². The van der Waals surface area contributed by atoms with Crippen molar-refractivity contribution in [2.24, 2.45) is 12.5 Å². The van der Waals surface area contributed by atoms with Crippen LogP contribution >= 0.6 is 0 Å². The third-order valence-corrected chi connectivity index (χ3v) is 8.40. The van der Waals surface area contributed by atoms with Gasteiger partial charge in [-0.3, -0.25) is 9.58 Å². The predicted octanol–water partition coefficient (Wildman–Crippen LogP) is 4.03. The van der Waals surface area contributed by atoms with E-state index in [2.05, 4.69) is 48.8 Å². The van der Waals surface area contributed by atoms with Crippen molar-refractivity contribution in [2.45, 2.75) is 44.2 Å². The van der Waals surface area contributed by atoms with Gasteiger partial charge in [-0.1, -0.05) is 0 Å². The summed E-state index contributed by atoms with van der Waals surface area (Å²) >= 11 is 0. The van der Waals surface area contributed by atoms with Gasteiger partial charge in [0.25, 0.3) is 0 Å². The molecule has 9 heteroatoms. The zero-order chi connectivity index (χ0) is 23.4. The zero-order valence-electron chi connectivity index (χ0n) is 20.1. The van der Waals surface area contributed by atoms with E-state index in [0.717, 1.165) is 71.5 Å². The Bertz CT molecular complexity index is 1360. The van der Waals surface area contributed by atoms with Gasteiger partial charge in [-0.2, -0.15) is 5.10 Å². The second kappa shape index (κ2) is 8.20. The van der Waals surface area contributed by atoms with Crippen molar-refractivity contribution in [3.05, 3.63) is 36.9 Å². The van der Waals surface area contributed by atoms with Crippen LogP contribution in [-0.2, 0) is 11.8 Å². The molecule has 7 rings (SSSR count). The van der Waals surface area contributed by atoms with Crippen LogP contribution in [0, 0.1) is 5.41 Å². The molecule has 4 heterocycles. The first-order valence-corrected chi connectivity index (χ1v) is 12.8. The zero-order valence-corrected chi connectivity index (χ0v) is 20.1. The van der Waals surface area contributed by atoms with E-state index < -0.39 is 0 Å². The van der Waals surface area contributed by atoms with E-state index in [1.54, 1.807) is 11.0 Å². The first-order valence-electron chi connectivity index (χ1n) is 12.8. The molecule has 3 N–H and O–H groups in total. The van der Waals surface area contributed by atoms with Crippen LogP contribution in [0.3, 0.4) is 0 Å². The molecule has 1 aliphatic heterocycles. The highest BCUT2D eigenvalue weighted by atomic mass is 16.5. The molecule has 1 saturated heterocycles. The van der Waals surface area contributed by atoms with Crippen LogP contribution in [0.15, 0.2) is 36.9 Å². The third kappa shape index (κ3) is 3.83. The molecule has 1 spiro atoms. The van der Waals surface area contributed by atoms with Crippen molar-refractivity contribution >= 4 is 39.1 Å². The molecular weight excluding hydrogens is 440 g/mol. The lowest BCUT2D eigenvalue weighted by molar-refractivity contribution is 0.00351. The standard InChI is InChI=1S/C26H32N8O/c1-33-15-18(14-29-33)30-17-2-3-21-20(12-17)23-24(31-21)27-16-28-25(23)32-22-13-26(22)6-4-19(5-7-26)34-8-10-35-11-9-34/h2-3,12,14-16,19,22,30H,4-11,13H2,1H3,(H2,27,28,31,32). The van der Waals surface area contributed by atoms with Gasteiger partial charge in [-0.15, -0.1) is 0 Å². The van der Waals surface area contributed by atoms with Crippen LogP contribution in [0.2, 0.25) is 0 Å². The Hall–Kier alpha value is -3.17. The number of nitrogens with one attached hydrogen (secondary N) is 3. The van der Waals surface area contributed by atoms with Crippen molar-refractivity contribution in [3.63, 3.8) is 0 Å². The Morgan fingerprint density at radius 2 is 1.97 bits per heavy atom. The summed E-state index contributed by atoms with van der Waals surface area (Å²) in [4.78, 5) is 15.3. The van der Waals surface area contributed by atoms with E-state index in [1.807, 2.05) is 19.4 Å². The van der Waals surface area contributed by atoms with Crippen LogP contribution < -0.4 is 10.6 Å². The maximum absolute atomic E-state index is 5.55. The van der Waals surface area contributed by atoms with Gasteiger partial charge < -0.3 is 20.4 Å². The number of aromatic nitrogens is 5. The van der Waals surface area contributed by atoms with Gasteiger partial charge in [0.05, 0.1) is 30.5 Å². The number of hydrogen-bond acceptors (Lipinski definition) is 7. The van der Waals surface area contributed by atoms with E-state index in [1.165, 1.54) is 32.1 Å². The molecule has 0 radical (unpaired) electrons. The molecule has 1 unspecified atom stereocenters. The molecule has 0 bridgehead atoms. The molecular formula is C26H32N8O. The quantitative estimate of drug-likeness (QED) is 0.404. The summed E-state index contributed by atoms with van der Waals surface area (Å²) in [6, 6.07) is 7.58. The molecule has 3 aromatic heterocycles. The smallest absolute Gasteiger partial charge is 0.143 e. The Labute approximate surface area is 204 Å². The number of aryl methyl sites for hydroxylation is 1. The van der Waals surface area contributed by atoms with Crippen LogP contribution in [0.4, 0.5) is 17.2 Å². The molecule has 9 nitrogen and oxygen atoms in total. The summed E-state index contributed by atoms with van der Waals surface area (Å²) in [6.07, 6.45) is 11.9. The molecule has 182 valence electrons. The summed E-state index contributed by atoms with van der Waals surface area (Å²) in [7, 11) is 1.92. The van der Waals surface area contributed by atoms with E-state index in [4.69, 9.17) is 9.72 Å². The summed E-state index contributed by atoms with van der Waals surface area (Å²) in [6.45, 7) is 3.96. The molecule has 1 aromatic carbocycles. The molecule has 0 amide bonds. The van der Waals surface area contributed by atoms with E-state index in [0.29, 0.717) is 11.5 Å². The van der Waals surface area contributed by atoms with Gasteiger partial charge in [-0.25, -0.2) is 9.97 Å². The maximum Gasteiger partial charge on any atom is 0.143 e. The van der Waals surface area contributed by atoms with Crippen LogP contribution in [0.25, 0.3) is 21.9 Å². The topological polar surface area (TPSA) is 95.9 Å². The van der Waals surface area contributed by atoms with E-state index in [9.17, 15) is 0 Å². The molecule has 35 heavy (non-hydrogen) atoms. The highest BCUT2D eigenvalue weighted by molar-refractivity contribution is 6.12. The molecule has 4 aromatic rings. The predicted molar refractivity (Wildman–Crippen MR) is 137 cm³/mol. The minimum Gasteiger partial charge on any atom is -0.379 e. The first kappa shape index (κ1) is 21.1. The van der Waals surface area contributed by atoms with Gasteiger partial charge in [0.1, 0.15) is 17.8 Å². The molecule has 3 fully saturated rings. The lowest BCUT2D eigenvalue weighted by Crippen LogP contribution is -2.45. The fourth-order valence-electron chi connectivity index (χ4n) is 6.32. The second-order valence-electron chi connectivity index (χ2n) is 10.5. The number of aromatic amines is 1. The molecule has 3 aliphatic rings. The van der Waals surface area contributed by atoms with Crippen molar-refractivity contribution in [3.8, 4) is 0 Å². The lowest BCUT2D eigenvalue weighted by Gasteiger charge is -2.39. The number of ether oxygens (including phenoxy) is 1. The molecule has 2 aliphatic carbocycles. The Morgan fingerprint density at radius 1 is 1.11 bits per heavy atom. The molecule has 1 atom stereocenters. The number of morpholine rings is 1. The normalized spacial score (nSPS) is 27.0. The van der Waals surface area contributed by atoms with Crippen molar-refractivity contribution in [1.82, 2.24) is 29.6 Å². The molecule has 2 saturated carbocycles. The number of fused-ring (bicyclic) bond motifs is 3. The second-order valence-corrected chi connectivity index (χ2v) is 10.5. The first-order chi connectivity index (χ1) is 17.2. The fourth-order valence-corrected chi connectivity index (χ4v) is 6.32. The van der Waals surface area contributed by atoms with Gasteiger partial charge in [0, 0.05) is 55.0 Å². The summed E-state index contributed by atoms with van der Waals surface area (Å²) < 4.78 is 7.34. The van der Waals surface area contributed by atoms with Crippen LogP contribution in [-0.4, -0.2) is 68.0 Å². The van der Waals surface area contributed by atoms with Crippen molar-refractivity contribution in [1.29, 1.82) is 0 Å². The maximum atomic E-state index is 5.55. The van der Waals surface area contributed by atoms with Crippen LogP contribution in [0.1, 0.15) is 32.1 Å². The fraction of sp³-hybridized carbons (Fsp3) is 0.500. The van der Waals surface area contributed by atoms with Gasteiger partial charge in [-0.05, 0) is 55.7 Å². The minimum atomic E-state index is 0.430. The Balaban J connectivity index is 1.11. The summed E-state index contributed by atoms with van der Waals surface area (Å²) in [5.74, 6) is 0.942. The van der Waals surface area contributed by atoms with Crippen molar-refractivity contribution in [2.75, 3.05) is 36.9 Å². The van der Waals surface area contributed by atoms with Crippen molar-refractivity contribution < 1.29 is 4.74 Å². The third-order valence-electron chi connectivity index (χ3n) is 8.40. The van der Waals surface area contributed by atoms with Gasteiger partial charge >= 0.3 is 0 Å². The van der Waals surface area contributed by atoms with Gasteiger partial charge in [0.15, 0.2) is 0 Å².